The Morgan fingerprint density at radius 2 is 1.63 bits per heavy atom. The average Bonchev–Trinajstić information content (AvgIpc) is 3.01. The molecular formula is C19H20ClN3O3S. The summed E-state index contributed by atoms with van der Waals surface area (Å²) in [4.78, 5) is 34.7. The first-order chi connectivity index (χ1) is 13.1. The molecule has 8 heteroatoms. The van der Waals surface area contributed by atoms with E-state index in [-0.39, 0.29) is 11.8 Å². The van der Waals surface area contributed by atoms with E-state index in [4.69, 9.17) is 16.3 Å². The lowest BCUT2D eigenvalue weighted by atomic mass is 10.2. The molecule has 0 radical (unpaired) electrons. The van der Waals surface area contributed by atoms with Crippen molar-refractivity contribution >= 4 is 34.8 Å². The molecule has 1 aromatic carbocycles. The Morgan fingerprint density at radius 1 is 0.963 bits per heavy atom. The van der Waals surface area contributed by atoms with Gasteiger partial charge in [0.05, 0.1) is 18.9 Å². The Kier molecular flexibility index (Phi) is 5.43. The first-order valence-corrected chi connectivity index (χ1v) is 10.2. The molecule has 0 aliphatic carbocycles. The Morgan fingerprint density at radius 3 is 2.37 bits per heavy atom. The van der Waals surface area contributed by atoms with Crippen LogP contribution in [0.1, 0.15) is 30.7 Å². The van der Waals surface area contributed by atoms with Gasteiger partial charge in [0, 0.05) is 54.5 Å². The van der Waals surface area contributed by atoms with Gasteiger partial charge in [0.2, 0.25) is 0 Å². The van der Waals surface area contributed by atoms with Crippen LogP contribution in [0.15, 0.2) is 24.3 Å². The highest BCUT2D eigenvalue weighted by molar-refractivity contribution is 7.13. The van der Waals surface area contributed by atoms with Crippen LogP contribution >= 0.6 is 22.9 Å². The zero-order valence-electron chi connectivity index (χ0n) is 14.8. The molecule has 4 rings (SSSR count). The molecule has 2 aliphatic rings. The third-order valence-electron chi connectivity index (χ3n) is 4.87. The monoisotopic (exact) mass is 405 g/mol. The Bertz CT molecular complexity index is 821. The molecule has 1 aromatic heterocycles. The Labute approximate surface area is 166 Å². The fraction of sp³-hybridized carbons (Fsp3) is 0.421. The summed E-state index contributed by atoms with van der Waals surface area (Å²) in [5, 5.41) is 1.17. The van der Waals surface area contributed by atoms with Gasteiger partial charge in [-0.05, 0) is 24.3 Å². The van der Waals surface area contributed by atoms with E-state index < -0.39 is 0 Å². The standard InChI is InChI=1S/C19H20ClN3O3S/c20-14-3-1-13(2-4-14)18(24)22-7-5-15-16(6-8-22)27-17(21-15)19(25)23-9-11-26-12-10-23/h1-4H,5-12H2. The number of rotatable bonds is 2. The molecule has 2 amide bonds. The van der Waals surface area contributed by atoms with Gasteiger partial charge in [0.25, 0.3) is 11.8 Å². The highest BCUT2D eigenvalue weighted by Gasteiger charge is 2.26. The van der Waals surface area contributed by atoms with E-state index in [2.05, 4.69) is 4.98 Å². The van der Waals surface area contributed by atoms with E-state index in [0.717, 1.165) is 17.0 Å². The van der Waals surface area contributed by atoms with Crippen molar-refractivity contribution in [2.45, 2.75) is 12.8 Å². The fourth-order valence-electron chi connectivity index (χ4n) is 3.33. The molecule has 0 bridgehead atoms. The molecule has 0 unspecified atom stereocenters. The quantitative estimate of drug-likeness (QED) is 0.770. The minimum atomic E-state index is -0.00882. The van der Waals surface area contributed by atoms with Crippen LogP contribution in [0.3, 0.4) is 0 Å². The number of carbonyl (C=O) groups excluding carboxylic acids is 2. The van der Waals surface area contributed by atoms with Gasteiger partial charge in [-0.3, -0.25) is 9.59 Å². The maximum Gasteiger partial charge on any atom is 0.283 e. The molecule has 27 heavy (non-hydrogen) atoms. The van der Waals surface area contributed by atoms with E-state index in [1.807, 2.05) is 4.90 Å². The number of thiazole rings is 1. The van der Waals surface area contributed by atoms with Gasteiger partial charge in [-0.25, -0.2) is 4.98 Å². The second-order valence-corrected chi connectivity index (χ2v) is 8.11. The predicted molar refractivity (Wildman–Crippen MR) is 104 cm³/mol. The molecule has 0 spiro atoms. The number of benzene rings is 1. The number of morpholine rings is 1. The van der Waals surface area contributed by atoms with E-state index >= 15 is 0 Å². The van der Waals surface area contributed by atoms with Gasteiger partial charge >= 0.3 is 0 Å². The number of aromatic nitrogens is 1. The summed E-state index contributed by atoms with van der Waals surface area (Å²) >= 11 is 7.36. The van der Waals surface area contributed by atoms with E-state index in [1.54, 1.807) is 29.2 Å². The molecule has 0 saturated carbocycles. The van der Waals surface area contributed by atoms with Crippen LogP contribution in [-0.4, -0.2) is 66.0 Å². The number of amides is 2. The lowest BCUT2D eigenvalue weighted by Crippen LogP contribution is -2.40. The molecule has 0 N–H and O–H groups in total. The Balaban J connectivity index is 1.43. The molecule has 142 valence electrons. The number of halogens is 1. The number of nitrogens with zero attached hydrogens (tertiary/aromatic N) is 3. The second-order valence-electron chi connectivity index (χ2n) is 6.59. The fourth-order valence-corrected chi connectivity index (χ4v) is 4.52. The van der Waals surface area contributed by atoms with Gasteiger partial charge in [0.1, 0.15) is 0 Å². The summed E-state index contributed by atoms with van der Waals surface area (Å²) in [7, 11) is 0. The SMILES string of the molecule is O=C(c1ccc(Cl)cc1)N1CCc2nc(C(=O)N3CCOCC3)sc2CC1. The van der Waals surface area contributed by atoms with Crippen LogP contribution in [0.4, 0.5) is 0 Å². The maximum atomic E-state index is 12.7. The predicted octanol–water partition coefficient (Wildman–Crippen LogP) is 2.51. The molecule has 1 saturated heterocycles. The van der Waals surface area contributed by atoms with Crippen molar-refractivity contribution in [2.24, 2.45) is 0 Å². The summed E-state index contributed by atoms with van der Waals surface area (Å²) in [6, 6.07) is 6.97. The van der Waals surface area contributed by atoms with Crippen molar-refractivity contribution in [3.63, 3.8) is 0 Å². The van der Waals surface area contributed by atoms with Gasteiger partial charge < -0.3 is 14.5 Å². The second kappa shape index (κ2) is 7.96. The normalized spacial score (nSPS) is 17.4. The third kappa shape index (κ3) is 4.00. The van der Waals surface area contributed by atoms with Crippen LogP contribution in [0.5, 0.6) is 0 Å². The maximum absolute atomic E-state index is 12.7. The van der Waals surface area contributed by atoms with Crippen molar-refractivity contribution in [2.75, 3.05) is 39.4 Å². The number of ether oxygens (including phenoxy) is 1. The number of carbonyl (C=O) groups is 2. The van der Waals surface area contributed by atoms with E-state index in [0.29, 0.717) is 61.4 Å². The van der Waals surface area contributed by atoms with Crippen molar-refractivity contribution < 1.29 is 14.3 Å². The van der Waals surface area contributed by atoms with Crippen molar-refractivity contribution in [3.05, 3.63) is 50.4 Å². The van der Waals surface area contributed by atoms with Crippen molar-refractivity contribution in [3.8, 4) is 0 Å². The molecular weight excluding hydrogens is 386 g/mol. The first kappa shape index (κ1) is 18.4. The summed E-state index contributed by atoms with van der Waals surface area (Å²) in [6.07, 6.45) is 1.39. The van der Waals surface area contributed by atoms with E-state index in [9.17, 15) is 9.59 Å². The van der Waals surface area contributed by atoms with Crippen LogP contribution in [0.2, 0.25) is 5.02 Å². The van der Waals surface area contributed by atoms with Crippen LogP contribution in [0.25, 0.3) is 0 Å². The van der Waals surface area contributed by atoms with Gasteiger partial charge in [-0.15, -0.1) is 11.3 Å². The molecule has 2 aliphatic heterocycles. The molecule has 0 atom stereocenters. The highest BCUT2D eigenvalue weighted by Crippen LogP contribution is 2.25. The van der Waals surface area contributed by atoms with Gasteiger partial charge in [0.15, 0.2) is 5.01 Å². The van der Waals surface area contributed by atoms with Gasteiger partial charge in [-0.2, -0.15) is 0 Å². The van der Waals surface area contributed by atoms with Crippen LogP contribution in [-0.2, 0) is 17.6 Å². The van der Waals surface area contributed by atoms with Crippen LogP contribution < -0.4 is 0 Å². The van der Waals surface area contributed by atoms with Crippen molar-refractivity contribution in [1.29, 1.82) is 0 Å². The molecule has 2 aromatic rings. The van der Waals surface area contributed by atoms with Crippen LogP contribution in [0, 0.1) is 0 Å². The minimum absolute atomic E-state index is 0.00596. The zero-order chi connectivity index (χ0) is 18.8. The van der Waals surface area contributed by atoms with Crippen molar-refractivity contribution in [1.82, 2.24) is 14.8 Å². The molecule has 6 nitrogen and oxygen atoms in total. The van der Waals surface area contributed by atoms with Gasteiger partial charge in [-0.1, -0.05) is 11.6 Å². The smallest absolute Gasteiger partial charge is 0.283 e. The van der Waals surface area contributed by atoms with E-state index in [1.165, 1.54) is 11.3 Å². The summed E-state index contributed by atoms with van der Waals surface area (Å²) in [6.45, 7) is 3.63. The minimum Gasteiger partial charge on any atom is -0.378 e. The summed E-state index contributed by atoms with van der Waals surface area (Å²) < 4.78 is 5.31. The average molecular weight is 406 g/mol. The topological polar surface area (TPSA) is 62.7 Å². The number of hydrogen-bond donors (Lipinski definition) is 0. The highest BCUT2D eigenvalue weighted by atomic mass is 35.5. The lowest BCUT2D eigenvalue weighted by molar-refractivity contribution is 0.0302. The number of fused-ring (bicyclic) bond motifs is 1. The third-order valence-corrected chi connectivity index (χ3v) is 6.26. The zero-order valence-corrected chi connectivity index (χ0v) is 16.4. The molecule has 3 heterocycles. The number of hydrogen-bond acceptors (Lipinski definition) is 5. The Hall–Kier alpha value is -1.96. The first-order valence-electron chi connectivity index (χ1n) is 9.02. The largest absolute Gasteiger partial charge is 0.378 e. The molecule has 1 fully saturated rings. The summed E-state index contributed by atoms with van der Waals surface area (Å²) in [5.41, 5.74) is 1.59. The lowest BCUT2D eigenvalue weighted by Gasteiger charge is -2.25. The summed E-state index contributed by atoms with van der Waals surface area (Å²) in [5.74, 6) is -0.00286.